The van der Waals surface area contributed by atoms with Gasteiger partial charge in [-0.15, -0.1) is 0 Å². The molecule has 1 heterocycles. The van der Waals surface area contributed by atoms with Gasteiger partial charge in [0.1, 0.15) is 5.75 Å². The number of hydrogen-bond donors (Lipinski definition) is 2. The number of ether oxygens (including phenoxy) is 1. The minimum absolute atomic E-state index is 0.175. The van der Waals surface area contributed by atoms with Gasteiger partial charge in [-0.1, -0.05) is 24.6 Å². The van der Waals surface area contributed by atoms with Gasteiger partial charge in [0.25, 0.3) is 0 Å². The van der Waals surface area contributed by atoms with Crippen LogP contribution in [0.1, 0.15) is 25.0 Å². The Morgan fingerprint density at radius 1 is 1.14 bits per heavy atom. The third-order valence-electron chi connectivity index (χ3n) is 4.82. The van der Waals surface area contributed by atoms with Crippen LogP contribution in [0.4, 0.5) is 8.78 Å². The van der Waals surface area contributed by atoms with Gasteiger partial charge in [-0.25, -0.2) is 4.99 Å². The van der Waals surface area contributed by atoms with Gasteiger partial charge in [0.2, 0.25) is 0 Å². The summed E-state index contributed by atoms with van der Waals surface area (Å²) < 4.78 is 29.9. The molecule has 1 fully saturated rings. The van der Waals surface area contributed by atoms with E-state index in [4.69, 9.17) is 0 Å². The summed E-state index contributed by atoms with van der Waals surface area (Å²) >= 11 is 0. The van der Waals surface area contributed by atoms with Crippen LogP contribution in [-0.4, -0.2) is 74.7 Å². The molecule has 1 aromatic rings. The van der Waals surface area contributed by atoms with Gasteiger partial charge in [-0.2, -0.15) is 8.78 Å². The molecule has 0 aliphatic carbocycles. The number of guanidine groups is 1. The van der Waals surface area contributed by atoms with Crippen molar-refractivity contribution in [2.75, 3.05) is 52.4 Å². The van der Waals surface area contributed by atoms with Gasteiger partial charge in [0, 0.05) is 51.4 Å². The van der Waals surface area contributed by atoms with Gasteiger partial charge >= 0.3 is 6.61 Å². The number of piperazine rings is 1. The molecule has 28 heavy (non-hydrogen) atoms. The van der Waals surface area contributed by atoms with Gasteiger partial charge in [-0.3, -0.25) is 4.90 Å². The van der Waals surface area contributed by atoms with Gasteiger partial charge in [0.15, 0.2) is 5.96 Å². The predicted molar refractivity (Wildman–Crippen MR) is 109 cm³/mol. The number of nitrogens with zero attached hydrogens (tertiary/aromatic N) is 3. The molecule has 1 aromatic carbocycles. The van der Waals surface area contributed by atoms with Crippen LogP contribution in [-0.2, 0) is 6.54 Å². The Morgan fingerprint density at radius 2 is 1.86 bits per heavy atom. The Balaban J connectivity index is 1.89. The first-order chi connectivity index (χ1) is 13.5. The highest BCUT2D eigenvalue weighted by atomic mass is 19.3. The molecule has 2 N–H and O–H groups in total. The molecule has 1 aliphatic heterocycles. The number of benzene rings is 1. The summed E-state index contributed by atoms with van der Waals surface area (Å²) in [4.78, 5) is 9.44. The summed E-state index contributed by atoms with van der Waals surface area (Å²) in [5.74, 6) is 0.855. The fourth-order valence-corrected chi connectivity index (χ4v) is 3.21. The van der Waals surface area contributed by atoms with Crippen molar-refractivity contribution in [2.24, 2.45) is 4.99 Å². The van der Waals surface area contributed by atoms with Crippen molar-refractivity contribution in [3.8, 4) is 5.75 Å². The van der Waals surface area contributed by atoms with Crippen LogP contribution in [0.15, 0.2) is 23.2 Å². The van der Waals surface area contributed by atoms with Crippen LogP contribution in [0.25, 0.3) is 0 Å². The van der Waals surface area contributed by atoms with E-state index in [0.29, 0.717) is 11.5 Å². The van der Waals surface area contributed by atoms with E-state index in [1.165, 1.54) is 0 Å². The first kappa shape index (κ1) is 22.4. The molecule has 0 aromatic heterocycles. The van der Waals surface area contributed by atoms with Crippen molar-refractivity contribution in [2.45, 2.75) is 33.9 Å². The summed E-state index contributed by atoms with van der Waals surface area (Å²) in [6, 6.07) is 5.16. The molecule has 0 bridgehead atoms. The van der Waals surface area contributed by atoms with E-state index >= 15 is 0 Å². The standard InChI is InChI=1S/C20H33F2N5O/c1-4-23-20(24-8-9-27-12-10-26(5-2)11-13-27)25-15-17-14-16(3)6-7-18(17)28-19(21)22/h6-7,14,19H,4-5,8-13,15H2,1-3H3,(H2,23,24,25). The number of likely N-dealkylation sites (N-methyl/N-ethyl adjacent to an activating group) is 1. The molecule has 8 heteroatoms. The van der Waals surface area contributed by atoms with Crippen molar-refractivity contribution in [1.29, 1.82) is 0 Å². The Morgan fingerprint density at radius 3 is 2.50 bits per heavy atom. The average Bonchev–Trinajstić information content (AvgIpc) is 2.68. The molecule has 158 valence electrons. The monoisotopic (exact) mass is 397 g/mol. The Bertz CT molecular complexity index is 619. The fourth-order valence-electron chi connectivity index (χ4n) is 3.21. The zero-order valence-corrected chi connectivity index (χ0v) is 17.2. The van der Waals surface area contributed by atoms with E-state index in [1.807, 2.05) is 19.9 Å². The van der Waals surface area contributed by atoms with Crippen molar-refractivity contribution < 1.29 is 13.5 Å². The smallest absolute Gasteiger partial charge is 0.387 e. The molecular weight excluding hydrogens is 364 g/mol. The quantitative estimate of drug-likeness (QED) is 0.495. The number of alkyl halides is 2. The molecule has 2 rings (SSSR count). The van der Waals surface area contributed by atoms with Gasteiger partial charge in [-0.05, 0) is 26.5 Å². The molecule has 6 nitrogen and oxygen atoms in total. The van der Waals surface area contributed by atoms with E-state index in [1.54, 1.807) is 12.1 Å². The minimum Gasteiger partial charge on any atom is -0.434 e. The lowest BCUT2D eigenvalue weighted by Gasteiger charge is -2.34. The van der Waals surface area contributed by atoms with E-state index in [9.17, 15) is 8.78 Å². The lowest BCUT2D eigenvalue weighted by Crippen LogP contribution is -2.49. The SMILES string of the molecule is CCNC(=NCc1cc(C)ccc1OC(F)F)NCCN1CCN(CC)CC1. The summed E-state index contributed by atoms with van der Waals surface area (Å²) in [5.41, 5.74) is 1.63. The number of nitrogens with one attached hydrogen (secondary N) is 2. The van der Waals surface area contributed by atoms with Crippen molar-refractivity contribution in [1.82, 2.24) is 20.4 Å². The number of aryl methyl sites for hydroxylation is 1. The zero-order chi connectivity index (χ0) is 20.4. The van der Waals surface area contributed by atoms with Gasteiger partial charge in [0.05, 0.1) is 6.54 Å². The average molecular weight is 398 g/mol. The van der Waals surface area contributed by atoms with Crippen LogP contribution in [0.3, 0.4) is 0 Å². The molecule has 0 radical (unpaired) electrons. The number of aliphatic imine (C=N–C) groups is 1. The molecule has 0 spiro atoms. The van der Waals surface area contributed by atoms with Crippen LogP contribution in [0.2, 0.25) is 0 Å². The summed E-state index contributed by atoms with van der Waals surface area (Å²) in [6.07, 6.45) is 0. The van der Waals surface area contributed by atoms with Crippen molar-refractivity contribution >= 4 is 5.96 Å². The molecule has 1 aliphatic rings. The minimum atomic E-state index is -2.84. The molecular formula is C20H33F2N5O. The van der Waals surface area contributed by atoms with E-state index < -0.39 is 6.61 Å². The fraction of sp³-hybridized carbons (Fsp3) is 0.650. The lowest BCUT2D eigenvalue weighted by atomic mass is 10.1. The van der Waals surface area contributed by atoms with Crippen LogP contribution < -0.4 is 15.4 Å². The molecule has 1 saturated heterocycles. The lowest BCUT2D eigenvalue weighted by molar-refractivity contribution is -0.0504. The van der Waals surface area contributed by atoms with Crippen LogP contribution in [0, 0.1) is 6.92 Å². The van der Waals surface area contributed by atoms with E-state index in [-0.39, 0.29) is 12.3 Å². The third-order valence-corrected chi connectivity index (χ3v) is 4.82. The van der Waals surface area contributed by atoms with E-state index in [0.717, 1.165) is 57.9 Å². The Kier molecular flexibility index (Phi) is 9.43. The highest BCUT2D eigenvalue weighted by Gasteiger charge is 2.15. The van der Waals surface area contributed by atoms with Crippen molar-refractivity contribution in [3.05, 3.63) is 29.3 Å². The summed E-state index contributed by atoms with van der Waals surface area (Å²) in [6.45, 7) is 11.5. The molecule has 0 amide bonds. The largest absolute Gasteiger partial charge is 0.434 e. The first-order valence-electron chi connectivity index (χ1n) is 10.0. The third kappa shape index (κ3) is 7.59. The maximum atomic E-state index is 12.6. The maximum Gasteiger partial charge on any atom is 0.387 e. The zero-order valence-electron chi connectivity index (χ0n) is 17.2. The second-order valence-corrected chi connectivity index (χ2v) is 6.89. The normalized spacial score (nSPS) is 16.4. The predicted octanol–water partition coefficient (Wildman–Crippen LogP) is 2.29. The summed E-state index contributed by atoms with van der Waals surface area (Å²) in [5, 5.41) is 6.54. The van der Waals surface area contributed by atoms with Crippen molar-refractivity contribution in [3.63, 3.8) is 0 Å². The highest BCUT2D eigenvalue weighted by Crippen LogP contribution is 2.22. The number of rotatable bonds is 9. The highest BCUT2D eigenvalue weighted by molar-refractivity contribution is 5.79. The molecule has 0 saturated carbocycles. The van der Waals surface area contributed by atoms with Crippen LogP contribution in [0.5, 0.6) is 5.75 Å². The number of hydrogen-bond acceptors (Lipinski definition) is 4. The maximum absolute atomic E-state index is 12.6. The molecule has 0 unspecified atom stereocenters. The Labute approximate surface area is 166 Å². The van der Waals surface area contributed by atoms with Crippen LogP contribution >= 0.6 is 0 Å². The topological polar surface area (TPSA) is 52.1 Å². The second-order valence-electron chi connectivity index (χ2n) is 6.89. The molecule has 0 atom stereocenters. The Hall–Kier alpha value is -1.93. The number of halogens is 2. The van der Waals surface area contributed by atoms with Gasteiger partial charge < -0.3 is 20.3 Å². The summed E-state index contributed by atoms with van der Waals surface area (Å²) in [7, 11) is 0. The second kappa shape index (κ2) is 11.8. The van der Waals surface area contributed by atoms with E-state index in [2.05, 4.69) is 37.1 Å². The first-order valence-corrected chi connectivity index (χ1v) is 10.0.